The summed E-state index contributed by atoms with van der Waals surface area (Å²) in [6, 6.07) is 14.9. The fraction of sp³-hybridized carbons (Fsp3) is 0.250. The van der Waals surface area contributed by atoms with Crippen molar-refractivity contribution in [3.05, 3.63) is 71.8 Å². The van der Waals surface area contributed by atoms with E-state index in [4.69, 9.17) is 9.47 Å². The van der Waals surface area contributed by atoms with Crippen LogP contribution in [-0.2, 0) is 6.54 Å². The van der Waals surface area contributed by atoms with Gasteiger partial charge in [0.25, 0.3) is 5.91 Å². The molecule has 2 aromatic rings. The Balaban J connectivity index is 2.03. The number of carbonyl (C=O) groups excluding carboxylic acids is 1. The standard InChI is InChI=1S/C20H23NO3/c1-15(2)14-24-19-7-5-6-17(12-19)20(22)21(3)13-16-8-10-18(23-4)11-9-16/h5-12H,1,13-14H2,2-4H3. The highest BCUT2D eigenvalue weighted by Crippen LogP contribution is 2.17. The molecule has 0 atom stereocenters. The predicted molar refractivity (Wildman–Crippen MR) is 95.5 cm³/mol. The lowest BCUT2D eigenvalue weighted by molar-refractivity contribution is 0.0784. The summed E-state index contributed by atoms with van der Waals surface area (Å²) in [6.45, 7) is 6.68. The van der Waals surface area contributed by atoms with Gasteiger partial charge < -0.3 is 14.4 Å². The topological polar surface area (TPSA) is 38.8 Å². The van der Waals surface area contributed by atoms with Crippen molar-refractivity contribution in [2.24, 2.45) is 0 Å². The first kappa shape index (κ1) is 17.6. The van der Waals surface area contributed by atoms with E-state index in [-0.39, 0.29) is 5.91 Å². The Morgan fingerprint density at radius 1 is 1.12 bits per heavy atom. The van der Waals surface area contributed by atoms with Gasteiger partial charge in [-0.2, -0.15) is 0 Å². The molecule has 0 N–H and O–H groups in total. The molecule has 24 heavy (non-hydrogen) atoms. The molecular weight excluding hydrogens is 302 g/mol. The zero-order valence-electron chi connectivity index (χ0n) is 14.4. The Morgan fingerprint density at radius 2 is 1.83 bits per heavy atom. The van der Waals surface area contributed by atoms with E-state index >= 15 is 0 Å². The van der Waals surface area contributed by atoms with Gasteiger partial charge in [-0.05, 0) is 48.4 Å². The Bertz CT molecular complexity index is 707. The molecular formula is C20H23NO3. The maximum absolute atomic E-state index is 12.6. The summed E-state index contributed by atoms with van der Waals surface area (Å²) in [6.07, 6.45) is 0. The highest BCUT2D eigenvalue weighted by atomic mass is 16.5. The van der Waals surface area contributed by atoms with Crippen molar-refractivity contribution in [2.75, 3.05) is 20.8 Å². The highest BCUT2D eigenvalue weighted by molar-refractivity contribution is 5.94. The lowest BCUT2D eigenvalue weighted by Crippen LogP contribution is -2.26. The maximum atomic E-state index is 12.6. The summed E-state index contributed by atoms with van der Waals surface area (Å²) in [7, 11) is 3.42. The van der Waals surface area contributed by atoms with Gasteiger partial charge in [0.1, 0.15) is 18.1 Å². The average Bonchev–Trinajstić information content (AvgIpc) is 2.60. The Kier molecular flexibility index (Phi) is 6.01. The van der Waals surface area contributed by atoms with Crippen LogP contribution in [0.2, 0.25) is 0 Å². The summed E-state index contributed by atoms with van der Waals surface area (Å²) in [5.74, 6) is 1.42. The van der Waals surface area contributed by atoms with E-state index in [2.05, 4.69) is 6.58 Å². The van der Waals surface area contributed by atoms with Crippen molar-refractivity contribution < 1.29 is 14.3 Å². The van der Waals surface area contributed by atoms with E-state index in [0.717, 1.165) is 16.9 Å². The number of hydrogen-bond donors (Lipinski definition) is 0. The largest absolute Gasteiger partial charge is 0.497 e. The van der Waals surface area contributed by atoms with E-state index in [1.165, 1.54) is 0 Å². The number of benzene rings is 2. The number of carbonyl (C=O) groups is 1. The fourth-order valence-electron chi connectivity index (χ4n) is 2.22. The zero-order valence-corrected chi connectivity index (χ0v) is 14.4. The van der Waals surface area contributed by atoms with Crippen molar-refractivity contribution in [1.82, 2.24) is 4.90 Å². The first-order valence-electron chi connectivity index (χ1n) is 7.75. The number of ether oxygens (including phenoxy) is 2. The molecule has 0 aromatic heterocycles. The molecule has 4 heteroatoms. The molecule has 1 amide bonds. The number of methoxy groups -OCH3 is 1. The minimum absolute atomic E-state index is 0.0495. The minimum atomic E-state index is -0.0495. The molecule has 0 fully saturated rings. The van der Waals surface area contributed by atoms with Crippen molar-refractivity contribution >= 4 is 5.91 Å². The third-order valence-corrected chi connectivity index (χ3v) is 3.49. The molecule has 2 aromatic carbocycles. The number of amides is 1. The zero-order chi connectivity index (χ0) is 17.5. The molecule has 0 aliphatic rings. The first-order valence-corrected chi connectivity index (χ1v) is 7.75. The molecule has 0 unspecified atom stereocenters. The molecule has 4 nitrogen and oxygen atoms in total. The van der Waals surface area contributed by atoms with E-state index in [1.54, 1.807) is 31.2 Å². The van der Waals surface area contributed by atoms with Gasteiger partial charge in [0.2, 0.25) is 0 Å². The molecule has 126 valence electrons. The first-order chi connectivity index (χ1) is 11.5. The molecule has 0 bridgehead atoms. The van der Waals surface area contributed by atoms with Gasteiger partial charge in [-0.1, -0.05) is 24.8 Å². The van der Waals surface area contributed by atoms with Crippen LogP contribution in [0.4, 0.5) is 0 Å². The van der Waals surface area contributed by atoms with Crippen molar-refractivity contribution in [3.8, 4) is 11.5 Å². The smallest absolute Gasteiger partial charge is 0.254 e. The van der Waals surface area contributed by atoms with Gasteiger partial charge in [0, 0.05) is 19.2 Å². The summed E-state index contributed by atoms with van der Waals surface area (Å²) in [5, 5.41) is 0. The van der Waals surface area contributed by atoms with Crippen LogP contribution in [0.25, 0.3) is 0 Å². The third-order valence-electron chi connectivity index (χ3n) is 3.49. The molecule has 2 rings (SSSR count). The molecule has 0 saturated heterocycles. The lowest BCUT2D eigenvalue weighted by Gasteiger charge is -2.18. The summed E-state index contributed by atoms with van der Waals surface area (Å²) in [4.78, 5) is 14.3. The maximum Gasteiger partial charge on any atom is 0.254 e. The van der Waals surface area contributed by atoms with Crippen molar-refractivity contribution in [1.29, 1.82) is 0 Å². The summed E-state index contributed by atoms with van der Waals surface area (Å²) >= 11 is 0. The van der Waals surface area contributed by atoms with Gasteiger partial charge in [0.05, 0.1) is 7.11 Å². The Morgan fingerprint density at radius 3 is 2.46 bits per heavy atom. The van der Waals surface area contributed by atoms with Crippen LogP contribution < -0.4 is 9.47 Å². The van der Waals surface area contributed by atoms with Gasteiger partial charge in [-0.3, -0.25) is 4.79 Å². The molecule has 0 radical (unpaired) electrons. The van der Waals surface area contributed by atoms with E-state index in [9.17, 15) is 4.79 Å². The van der Waals surface area contributed by atoms with Crippen LogP contribution in [0.3, 0.4) is 0 Å². The second-order valence-corrected chi connectivity index (χ2v) is 5.78. The monoisotopic (exact) mass is 325 g/mol. The summed E-state index contributed by atoms with van der Waals surface area (Å²) < 4.78 is 10.7. The van der Waals surface area contributed by atoms with E-state index in [0.29, 0.717) is 24.5 Å². The highest BCUT2D eigenvalue weighted by Gasteiger charge is 2.13. The fourth-order valence-corrected chi connectivity index (χ4v) is 2.22. The van der Waals surface area contributed by atoms with Crippen molar-refractivity contribution in [2.45, 2.75) is 13.5 Å². The van der Waals surface area contributed by atoms with Crippen LogP contribution in [0.5, 0.6) is 11.5 Å². The van der Waals surface area contributed by atoms with Gasteiger partial charge in [-0.25, -0.2) is 0 Å². The van der Waals surface area contributed by atoms with Crippen LogP contribution in [0.1, 0.15) is 22.8 Å². The Labute approximate surface area is 143 Å². The van der Waals surface area contributed by atoms with E-state index in [1.807, 2.05) is 43.3 Å². The molecule has 0 saturated carbocycles. The predicted octanol–water partition coefficient (Wildman–Crippen LogP) is 3.92. The summed E-state index contributed by atoms with van der Waals surface area (Å²) in [5.41, 5.74) is 2.58. The SMILES string of the molecule is C=C(C)COc1cccc(C(=O)N(C)Cc2ccc(OC)cc2)c1. The third kappa shape index (κ3) is 4.88. The van der Waals surface area contributed by atoms with Gasteiger partial charge in [-0.15, -0.1) is 0 Å². The van der Waals surface area contributed by atoms with Gasteiger partial charge >= 0.3 is 0 Å². The number of rotatable bonds is 7. The Hall–Kier alpha value is -2.75. The lowest BCUT2D eigenvalue weighted by atomic mass is 10.1. The molecule has 0 spiro atoms. The van der Waals surface area contributed by atoms with E-state index < -0.39 is 0 Å². The van der Waals surface area contributed by atoms with Crippen molar-refractivity contribution in [3.63, 3.8) is 0 Å². The average molecular weight is 325 g/mol. The van der Waals surface area contributed by atoms with Crippen LogP contribution >= 0.6 is 0 Å². The second-order valence-electron chi connectivity index (χ2n) is 5.78. The van der Waals surface area contributed by atoms with Gasteiger partial charge in [0.15, 0.2) is 0 Å². The molecule has 0 aliphatic carbocycles. The second kappa shape index (κ2) is 8.20. The van der Waals surface area contributed by atoms with Crippen LogP contribution in [0.15, 0.2) is 60.7 Å². The molecule has 0 heterocycles. The number of hydrogen-bond acceptors (Lipinski definition) is 3. The van der Waals surface area contributed by atoms with Crippen LogP contribution in [0, 0.1) is 0 Å². The minimum Gasteiger partial charge on any atom is -0.497 e. The normalized spacial score (nSPS) is 10.1. The van der Waals surface area contributed by atoms with Crippen LogP contribution in [-0.4, -0.2) is 31.6 Å². The quantitative estimate of drug-likeness (QED) is 0.724. The number of nitrogens with zero attached hydrogens (tertiary/aromatic N) is 1. The molecule has 0 aliphatic heterocycles.